The summed E-state index contributed by atoms with van der Waals surface area (Å²) in [4.78, 5) is 55.7. The van der Waals surface area contributed by atoms with Crippen LogP contribution in [0.3, 0.4) is 0 Å². The van der Waals surface area contributed by atoms with Crippen LogP contribution in [-0.4, -0.2) is 93.0 Å². The average molecular weight is 734 g/mol. The average Bonchev–Trinajstić information content (AvgIpc) is 3.50. The summed E-state index contributed by atoms with van der Waals surface area (Å²) in [7, 11) is -3.84. The van der Waals surface area contributed by atoms with Crippen LogP contribution < -0.4 is 21.5 Å². The zero-order chi connectivity index (χ0) is 37.7. The molecule has 2 aromatic heterocycles. The second-order valence-corrected chi connectivity index (χ2v) is 15.4. The number of nitrogens with zero attached hydrogens (tertiary/aromatic N) is 5. The van der Waals surface area contributed by atoms with Crippen LogP contribution >= 0.6 is 7.44 Å². The van der Waals surface area contributed by atoms with E-state index < -0.39 is 49.2 Å². The zero-order valence-corrected chi connectivity index (χ0v) is 30.9. The largest absolute Gasteiger partial charge is 0.462 e. The number of fused-ring (bicyclic) bond motifs is 1. The minimum absolute atomic E-state index is 0.0267. The monoisotopic (exact) mass is 733 g/mol. The molecule has 0 aliphatic rings. The van der Waals surface area contributed by atoms with Gasteiger partial charge in [-0.2, -0.15) is 4.98 Å². The van der Waals surface area contributed by atoms with Crippen LogP contribution in [0.1, 0.15) is 38.8 Å². The Morgan fingerprint density at radius 1 is 0.923 bits per heavy atom. The highest BCUT2D eigenvalue weighted by Crippen LogP contribution is 2.39. The molecule has 0 bridgehead atoms. The first-order chi connectivity index (χ1) is 24.9. The van der Waals surface area contributed by atoms with Crippen molar-refractivity contribution in [2.45, 2.75) is 71.4 Å². The van der Waals surface area contributed by atoms with E-state index in [1.54, 1.807) is 32.3 Å². The number of esters is 2. The summed E-state index contributed by atoms with van der Waals surface area (Å²) >= 11 is 0. The molecule has 2 aromatic carbocycles. The number of nitrogens with two attached hydrogens (primary N) is 1. The van der Waals surface area contributed by atoms with Crippen molar-refractivity contribution in [3.05, 3.63) is 99.9 Å². The number of nitrogen functional groups attached to an aromatic ring is 1. The minimum atomic E-state index is -3.84. The molecule has 16 heteroatoms. The number of aromatic nitrogens is 4. The molecule has 2 heterocycles. The highest BCUT2D eigenvalue weighted by molar-refractivity contribution is 7.60. The van der Waals surface area contributed by atoms with Crippen LogP contribution in [0.5, 0.6) is 0 Å². The van der Waals surface area contributed by atoms with Crippen LogP contribution in [-0.2, 0) is 43.0 Å². The van der Waals surface area contributed by atoms with E-state index in [-0.39, 0.29) is 43.6 Å². The molecule has 0 amide bonds. The number of hydrogen-bond donors (Lipinski definition) is 4. The fourth-order valence-electron chi connectivity index (χ4n) is 5.55. The lowest BCUT2D eigenvalue weighted by Gasteiger charge is -2.31. The summed E-state index contributed by atoms with van der Waals surface area (Å²) in [6.07, 6.45) is 0.994. The molecule has 0 unspecified atom stereocenters. The maximum absolute atomic E-state index is 15.3. The lowest BCUT2D eigenvalue weighted by Crippen LogP contribution is -2.48. The summed E-state index contributed by atoms with van der Waals surface area (Å²) in [6, 6.07) is 16.6. The number of anilines is 1. The number of ether oxygens (including phenoxy) is 2. The maximum atomic E-state index is 15.3. The molecule has 4 rings (SSSR count). The number of rotatable bonds is 20. The normalized spacial score (nSPS) is 13.0. The van der Waals surface area contributed by atoms with Crippen molar-refractivity contribution < 1.29 is 23.6 Å². The Hall–Kier alpha value is -4.87. The van der Waals surface area contributed by atoms with Gasteiger partial charge in [0.25, 0.3) is 5.56 Å². The molecule has 0 saturated heterocycles. The molecule has 2 atom stereocenters. The van der Waals surface area contributed by atoms with E-state index >= 15 is 4.57 Å². The van der Waals surface area contributed by atoms with E-state index in [0.29, 0.717) is 25.3 Å². The maximum Gasteiger partial charge on any atom is 0.324 e. The van der Waals surface area contributed by atoms with E-state index in [9.17, 15) is 14.4 Å². The van der Waals surface area contributed by atoms with Gasteiger partial charge < -0.3 is 24.6 Å². The van der Waals surface area contributed by atoms with Gasteiger partial charge in [0.15, 0.2) is 11.2 Å². The van der Waals surface area contributed by atoms with Crippen LogP contribution in [0.2, 0.25) is 0 Å². The Morgan fingerprint density at radius 3 is 1.96 bits per heavy atom. The molecule has 0 radical (unpaired) electrons. The number of benzene rings is 2. The zero-order valence-electron chi connectivity index (χ0n) is 30.0. The van der Waals surface area contributed by atoms with Gasteiger partial charge in [-0.3, -0.25) is 28.8 Å². The quantitative estimate of drug-likeness (QED) is 0.0589. The number of hydrogen-bond acceptors (Lipinski definition) is 10. The first kappa shape index (κ1) is 39.9. The highest BCUT2D eigenvalue weighted by atomic mass is 31.2. The Balaban J connectivity index is 1.66. The first-order valence-corrected chi connectivity index (χ1v) is 19.1. The third kappa shape index (κ3) is 12.1. The number of H-pyrrole nitrogens is 1. The molecule has 0 aliphatic heterocycles. The number of carbonyl (C=O) groups is 2. The molecule has 278 valence electrons. The number of imidazole rings is 1. The van der Waals surface area contributed by atoms with Crippen molar-refractivity contribution in [2.24, 2.45) is 0 Å². The Labute approximate surface area is 303 Å². The van der Waals surface area contributed by atoms with Crippen LogP contribution in [0.15, 0.2) is 71.8 Å². The first-order valence-electron chi connectivity index (χ1n) is 17.3. The van der Waals surface area contributed by atoms with Gasteiger partial charge in [-0.05, 0) is 51.7 Å². The fourth-order valence-corrected chi connectivity index (χ4v) is 7.85. The van der Waals surface area contributed by atoms with Crippen LogP contribution in [0, 0.1) is 6.57 Å². The Bertz CT molecular complexity index is 1840. The molecule has 0 aliphatic carbocycles. The third-order valence-electron chi connectivity index (χ3n) is 7.98. The molecule has 0 spiro atoms. The molecule has 52 heavy (non-hydrogen) atoms. The molecule has 0 saturated carbocycles. The molecular formula is C36H48N9O6P. The molecule has 4 aromatic rings. The fraction of sp³-hybridized carbons (Fsp3) is 0.444. The van der Waals surface area contributed by atoms with Crippen molar-refractivity contribution in [3.63, 3.8) is 0 Å². The summed E-state index contributed by atoms with van der Waals surface area (Å²) in [6.45, 7) is 15.8. The van der Waals surface area contributed by atoms with E-state index in [2.05, 4.69) is 30.0 Å². The number of aromatic amines is 1. The Kier molecular flexibility index (Phi) is 14.7. The van der Waals surface area contributed by atoms with Crippen LogP contribution in [0.4, 0.5) is 5.95 Å². The molecule has 5 N–H and O–H groups in total. The standard InChI is InChI=1S/C36H48N9O6P/c1-25(2)50-34(47)29(22-27-12-8-6-9-13-27)42-52(49,43-30(35(48)51-26(3)4)23-28-14-10-7-11-15-28)21-20-44(17-16-38-5)18-19-45-24-39-31-32(45)40-36(37)41-33(31)46/h6-15,24-26,29-30H,16-23H2,1-4H3,(H2,42,43,49)(H3,37,40,41,46)/t29-,30-/m0/s1. The predicted octanol–water partition coefficient (Wildman–Crippen LogP) is 3.42. The van der Waals surface area contributed by atoms with Gasteiger partial charge in [0.2, 0.25) is 19.9 Å². The van der Waals surface area contributed by atoms with Crippen LogP contribution in [0.25, 0.3) is 16.0 Å². The Morgan fingerprint density at radius 2 is 1.46 bits per heavy atom. The second kappa shape index (κ2) is 19.1. The smallest absolute Gasteiger partial charge is 0.324 e. The minimum Gasteiger partial charge on any atom is -0.462 e. The van der Waals surface area contributed by atoms with Gasteiger partial charge in [-0.25, -0.2) is 21.7 Å². The SMILES string of the molecule is [C-]#[N+]CCN(CCn1cnc2c(=O)[nH]c(N)nc21)CCP(=O)(N[C@@H](Cc1ccccc1)C(=O)OC(C)C)N[C@@H](Cc1ccccc1)C(=O)OC(C)C. The van der Waals surface area contributed by atoms with Gasteiger partial charge in [0, 0.05) is 25.8 Å². The summed E-state index contributed by atoms with van der Waals surface area (Å²) < 4.78 is 28.2. The van der Waals surface area contributed by atoms with Crippen molar-refractivity contribution in [3.8, 4) is 0 Å². The predicted molar refractivity (Wildman–Crippen MR) is 200 cm³/mol. The van der Waals surface area contributed by atoms with Gasteiger partial charge in [-0.1, -0.05) is 60.7 Å². The number of nitrogens with one attached hydrogen (secondary N) is 3. The van der Waals surface area contributed by atoms with E-state index in [1.807, 2.05) is 65.6 Å². The van der Waals surface area contributed by atoms with E-state index in [1.165, 1.54) is 6.33 Å². The van der Waals surface area contributed by atoms with Gasteiger partial charge in [0.1, 0.15) is 12.1 Å². The molecular weight excluding hydrogens is 685 g/mol. The third-order valence-corrected chi connectivity index (χ3v) is 10.3. The molecule has 15 nitrogen and oxygen atoms in total. The van der Waals surface area contributed by atoms with E-state index in [4.69, 9.17) is 21.8 Å². The number of carbonyl (C=O) groups excluding carboxylic acids is 2. The summed E-state index contributed by atoms with van der Waals surface area (Å²) in [5.41, 5.74) is 7.45. The lowest BCUT2D eigenvalue weighted by molar-refractivity contribution is -0.150. The highest BCUT2D eigenvalue weighted by Gasteiger charge is 2.36. The lowest BCUT2D eigenvalue weighted by atomic mass is 10.1. The van der Waals surface area contributed by atoms with Crippen molar-refractivity contribution in [1.29, 1.82) is 0 Å². The van der Waals surface area contributed by atoms with E-state index in [0.717, 1.165) is 11.1 Å². The van der Waals surface area contributed by atoms with Crippen molar-refractivity contribution >= 4 is 36.5 Å². The summed E-state index contributed by atoms with van der Waals surface area (Å²) in [5, 5.41) is 6.25. The molecule has 0 fully saturated rings. The van der Waals surface area contributed by atoms with Crippen molar-refractivity contribution in [1.82, 2.24) is 34.6 Å². The van der Waals surface area contributed by atoms with Gasteiger partial charge in [0.05, 0.1) is 25.1 Å². The van der Waals surface area contributed by atoms with Crippen molar-refractivity contribution in [2.75, 3.05) is 38.1 Å². The topological polar surface area (TPSA) is 191 Å². The summed E-state index contributed by atoms with van der Waals surface area (Å²) in [5.74, 6) is -1.20. The van der Waals surface area contributed by atoms with Gasteiger partial charge in [-0.15, -0.1) is 0 Å². The van der Waals surface area contributed by atoms with Gasteiger partial charge >= 0.3 is 11.9 Å². The second-order valence-electron chi connectivity index (χ2n) is 13.0.